The third-order valence-corrected chi connectivity index (χ3v) is 2.91. The summed E-state index contributed by atoms with van der Waals surface area (Å²) in [7, 11) is 0. The molecule has 0 aliphatic heterocycles. The zero-order valence-electron chi connectivity index (χ0n) is 12.5. The molecule has 4 nitrogen and oxygen atoms in total. The highest BCUT2D eigenvalue weighted by atomic mass is 16.5. The fourth-order valence-corrected chi connectivity index (χ4v) is 1.97. The van der Waals surface area contributed by atoms with Crippen molar-refractivity contribution in [2.45, 2.75) is 39.7 Å². The molecule has 0 aliphatic rings. The van der Waals surface area contributed by atoms with Crippen LogP contribution in [-0.4, -0.2) is 13.2 Å². The third-order valence-electron chi connectivity index (χ3n) is 2.91. The summed E-state index contributed by atoms with van der Waals surface area (Å²) >= 11 is 0. The molecule has 0 saturated carbocycles. The van der Waals surface area contributed by atoms with Gasteiger partial charge in [0.05, 0.1) is 13.2 Å². The lowest BCUT2D eigenvalue weighted by Gasteiger charge is -2.18. The van der Waals surface area contributed by atoms with E-state index in [1.807, 2.05) is 39.0 Å². The Morgan fingerprint density at radius 2 is 1.90 bits per heavy atom. The van der Waals surface area contributed by atoms with Crippen LogP contribution in [0.15, 0.2) is 18.2 Å². The summed E-state index contributed by atoms with van der Waals surface area (Å²) in [4.78, 5) is 0. The zero-order valence-corrected chi connectivity index (χ0v) is 12.5. The maximum Gasteiger partial charge on any atom is 0.161 e. The molecule has 20 heavy (non-hydrogen) atoms. The molecule has 110 valence electrons. The van der Waals surface area contributed by atoms with Crippen LogP contribution in [0.1, 0.15) is 45.2 Å². The maximum absolute atomic E-state index is 5.64. The summed E-state index contributed by atoms with van der Waals surface area (Å²) in [6.07, 6.45) is 1.67. The number of benzene rings is 1. The van der Waals surface area contributed by atoms with Crippen LogP contribution in [0.25, 0.3) is 0 Å². The molecule has 1 atom stereocenters. The van der Waals surface area contributed by atoms with Gasteiger partial charge in [-0.1, -0.05) is 6.07 Å². The number of rotatable bonds is 8. The number of hydrazine groups is 1. The van der Waals surface area contributed by atoms with Gasteiger partial charge in [0, 0.05) is 12.5 Å². The summed E-state index contributed by atoms with van der Waals surface area (Å²) in [6, 6.07) is 5.99. The van der Waals surface area contributed by atoms with Gasteiger partial charge in [-0.2, -0.15) is 0 Å². The van der Waals surface area contributed by atoms with E-state index in [9.17, 15) is 0 Å². The number of nitrogens with one attached hydrogen (secondary N) is 1. The minimum absolute atomic E-state index is 0.0609. The standard InChI is InChI=1S/C16H24N2O2/c1-4-7-8-9-14(18-17)13-10-11-15(19-5-2)16(12-13)20-6-3/h10-12,14,18H,5-6,8-9,17H2,1-3H3. The Balaban J connectivity index is 2.91. The summed E-state index contributed by atoms with van der Waals surface area (Å²) in [5.74, 6) is 13.1. The second-order valence-corrected chi connectivity index (χ2v) is 4.26. The van der Waals surface area contributed by atoms with Gasteiger partial charge in [0.1, 0.15) is 0 Å². The Hall–Kier alpha value is -1.70. The first kappa shape index (κ1) is 16.4. The van der Waals surface area contributed by atoms with Gasteiger partial charge in [0.2, 0.25) is 0 Å². The summed E-state index contributed by atoms with van der Waals surface area (Å²) in [5, 5.41) is 0. The zero-order chi connectivity index (χ0) is 14.8. The van der Waals surface area contributed by atoms with E-state index in [4.69, 9.17) is 15.3 Å². The van der Waals surface area contributed by atoms with Gasteiger partial charge in [-0.05, 0) is 44.9 Å². The monoisotopic (exact) mass is 276 g/mol. The molecule has 0 radical (unpaired) electrons. The van der Waals surface area contributed by atoms with Crippen LogP contribution in [-0.2, 0) is 0 Å². The molecule has 1 aromatic carbocycles. The molecule has 0 heterocycles. The van der Waals surface area contributed by atoms with Crippen molar-refractivity contribution < 1.29 is 9.47 Å². The first-order valence-corrected chi connectivity index (χ1v) is 7.02. The molecule has 1 rings (SSSR count). The van der Waals surface area contributed by atoms with Crippen LogP contribution < -0.4 is 20.7 Å². The molecule has 1 unspecified atom stereocenters. The maximum atomic E-state index is 5.64. The molecular formula is C16H24N2O2. The third kappa shape index (κ3) is 4.76. The van der Waals surface area contributed by atoms with Crippen molar-refractivity contribution in [3.8, 4) is 23.3 Å². The molecule has 0 spiro atoms. The van der Waals surface area contributed by atoms with Crippen molar-refractivity contribution in [2.24, 2.45) is 5.84 Å². The van der Waals surface area contributed by atoms with E-state index in [2.05, 4.69) is 17.3 Å². The van der Waals surface area contributed by atoms with Crippen LogP contribution >= 0.6 is 0 Å². The molecule has 1 aromatic rings. The van der Waals surface area contributed by atoms with E-state index >= 15 is 0 Å². The quantitative estimate of drug-likeness (QED) is 0.435. The topological polar surface area (TPSA) is 56.5 Å². The Labute approximate surface area is 121 Å². The highest BCUT2D eigenvalue weighted by Crippen LogP contribution is 2.31. The Morgan fingerprint density at radius 1 is 1.20 bits per heavy atom. The highest BCUT2D eigenvalue weighted by molar-refractivity contribution is 5.44. The normalized spacial score (nSPS) is 11.4. The van der Waals surface area contributed by atoms with Crippen LogP contribution in [0.4, 0.5) is 0 Å². The molecule has 0 amide bonds. The average molecular weight is 276 g/mol. The van der Waals surface area contributed by atoms with Crippen molar-refractivity contribution >= 4 is 0 Å². The summed E-state index contributed by atoms with van der Waals surface area (Å²) < 4.78 is 11.2. The minimum atomic E-state index is 0.0609. The Kier molecular flexibility index (Phi) is 7.56. The molecule has 0 aromatic heterocycles. The Morgan fingerprint density at radius 3 is 2.50 bits per heavy atom. The predicted octanol–water partition coefficient (Wildman–Crippen LogP) is 2.79. The van der Waals surface area contributed by atoms with Crippen LogP contribution in [0.2, 0.25) is 0 Å². The van der Waals surface area contributed by atoms with Crippen molar-refractivity contribution in [1.82, 2.24) is 5.43 Å². The van der Waals surface area contributed by atoms with Gasteiger partial charge in [-0.3, -0.25) is 11.3 Å². The van der Waals surface area contributed by atoms with Gasteiger partial charge in [0.15, 0.2) is 11.5 Å². The van der Waals surface area contributed by atoms with Crippen LogP contribution in [0.5, 0.6) is 11.5 Å². The summed E-state index contributed by atoms with van der Waals surface area (Å²) in [6.45, 7) is 6.97. The smallest absolute Gasteiger partial charge is 0.161 e. The predicted molar refractivity (Wildman–Crippen MR) is 81.5 cm³/mol. The van der Waals surface area contributed by atoms with Crippen molar-refractivity contribution in [1.29, 1.82) is 0 Å². The fourth-order valence-electron chi connectivity index (χ4n) is 1.97. The number of nitrogens with two attached hydrogens (primary N) is 1. The molecule has 0 bridgehead atoms. The Bertz CT molecular complexity index is 463. The number of hydrogen-bond acceptors (Lipinski definition) is 4. The van der Waals surface area contributed by atoms with Gasteiger partial charge in [0.25, 0.3) is 0 Å². The van der Waals surface area contributed by atoms with E-state index in [-0.39, 0.29) is 6.04 Å². The summed E-state index contributed by atoms with van der Waals surface area (Å²) in [5.41, 5.74) is 3.91. The fraction of sp³-hybridized carbons (Fsp3) is 0.500. The van der Waals surface area contributed by atoms with E-state index in [0.717, 1.165) is 29.9 Å². The lowest BCUT2D eigenvalue weighted by atomic mass is 10.0. The molecule has 3 N–H and O–H groups in total. The first-order chi connectivity index (χ1) is 9.76. The second kappa shape index (κ2) is 9.24. The van der Waals surface area contributed by atoms with Gasteiger partial charge in [-0.25, -0.2) is 0 Å². The van der Waals surface area contributed by atoms with Gasteiger partial charge >= 0.3 is 0 Å². The van der Waals surface area contributed by atoms with E-state index < -0.39 is 0 Å². The molecular weight excluding hydrogens is 252 g/mol. The second-order valence-electron chi connectivity index (χ2n) is 4.26. The lowest BCUT2D eigenvalue weighted by molar-refractivity contribution is 0.287. The van der Waals surface area contributed by atoms with Crippen molar-refractivity contribution in [3.63, 3.8) is 0 Å². The largest absolute Gasteiger partial charge is 0.490 e. The van der Waals surface area contributed by atoms with E-state index in [0.29, 0.717) is 13.2 Å². The van der Waals surface area contributed by atoms with Crippen molar-refractivity contribution in [3.05, 3.63) is 23.8 Å². The molecule has 0 aliphatic carbocycles. The van der Waals surface area contributed by atoms with Gasteiger partial charge < -0.3 is 9.47 Å². The highest BCUT2D eigenvalue weighted by Gasteiger charge is 2.13. The number of ether oxygens (including phenoxy) is 2. The molecule has 0 fully saturated rings. The SMILES string of the molecule is CC#CCCC(NN)c1ccc(OCC)c(OCC)c1. The van der Waals surface area contributed by atoms with Crippen molar-refractivity contribution in [2.75, 3.05) is 13.2 Å². The average Bonchev–Trinajstić information content (AvgIpc) is 2.46. The minimum Gasteiger partial charge on any atom is -0.490 e. The van der Waals surface area contributed by atoms with Crippen LogP contribution in [0.3, 0.4) is 0 Å². The lowest BCUT2D eigenvalue weighted by Crippen LogP contribution is -2.27. The number of hydrogen-bond donors (Lipinski definition) is 2. The molecule has 0 saturated heterocycles. The molecule has 4 heteroatoms. The first-order valence-electron chi connectivity index (χ1n) is 7.02. The van der Waals surface area contributed by atoms with E-state index in [1.54, 1.807) is 0 Å². The van der Waals surface area contributed by atoms with Crippen LogP contribution in [0, 0.1) is 11.8 Å². The van der Waals surface area contributed by atoms with Gasteiger partial charge in [-0.15, -0.1) is 11.8 Å². The van der Waals surface area contributed by atoms with E-state index in [1.165, 1.54) is 0 Å².